The van der Waals surface area contributed by atoms with Gasteiger partial charge in [-0.3, -0.25) is 0 Å². The Labute approximate surface area is 110 Å². The minimum absolute atomic E-state index is 0.0221. The first-order valence-electron chi connectivity index (χ1n) is 6.77. The molecule has 3 heteroatoms. The van der Waals surface area contributed by atoms with E-state index >= 15 is 0 Å². The van der Waals surface area contributed by atoms with Gasteiger partial charge in [0.25, 0.3) is 0 Å². The van der Waals surface area contributed by atoms with Gasteiger partial charge in [0.2, 0.25) is 5.95 Å². The number of aromatic nitrogens is 2. The first-order valence-corrected chi connectivity index (χ1v) is 6.77. The minimum Gasteiger partial charge on any atom is -0.368 e. The van der Waals surface area contributed by atoms with Gasteiger partial charge in [0.1, 0.15) is 0 Å². The number of fused-ring (bicyclic) bond motifs is 1. The molecule has 3 nitrogen and oxygen atoms in total. The normalized spacial score (nSPS) is 22.7. The summed E-state index contributed by atoms with van der Waals surface area (Å²) in [6.45, 7) is 13.5. The van der Waals surface area contributed by atoms with Crippen LogP contribution in [0.2, 0.25) is 0 Å². The van der Waals surface area contributed by atoms with E-state index in [0.717, 1.165) is 12.1 Å². The lowest BCUT2D eigenvalue weighted by Gasteiger charge is -2.37. The maximum Gasteiger partial charge on any atom is 0.220 e. The van der Waals surface area contributed by atoms with Crippen molar-refractivity contribution in [2.45, 2.75) is 65.7 Å². The summed E-state index contributed by atoms with van der Waals surface area (Å²) in [6, 6.07) is 0. The summed E-state index contributed by atoms with van der Waals surface area (Å²) in [7, 11) is 0. The number of hydrogen-bond donors (Lipinski definition) is 1. The van der Waals surface area contributed by atoms with Crippen LogP contribution < -0.4 is 5.73 Å². The van der Waals surface area contributed by atoms with Crippen LogP contribution in [0.4, 0.5) is 5.95 Å². The van der Waals surface area contributed by atoms with Gasteiger partial charge in [0, 0.05) is 5.41 Å². The summed E-state index contributed by atoms with van der Waals surface area (Å²) in [5, 5.41) is 0. The summed E-state index contributed by atoms with van der Waals surface area (Å²) in [5.41, 5.74) is 9.87. The second-order valence-corrected chi connectivity index (χ2v) is 7.49. The number of anilines is 1. The number of hydrogen-bond acceptors (Lipinski definition) is 3. The van der Waals surface area contributed by atoms with E-state index in [-0.39, 0.29) is 5.41 Å². The Bertz CT molecular complexity index is 469. The van der Waals surface area contributed by atoms with E-state index in [1.54, 1.807) is 0 Å². The van der Waals surface area contributed by atoms with E-state index in [4.69, 9.17) is 5.73 Å². The second kappa shape index (κ2) is 3.94. The van der Waals surface area contributed by atoms with Crippen LogP contribution in [0.5, 0.6) is 0 Å². The van der Waals surface area contributed by atoms with Gasteiger partial charge in [-0.2, -0.15) is 0 Å². The predicted octanol–water partition coefficient (Wildman–Crippen LogP) is 3.43. The van der Waals surface area contributed by atoms with Crippen LogP contribution in [0.25, 0.3) is 0 Å². The molecule has 0 saturated heterocycles. The molecule has 0 aliphatic heterocycles. The molecule has 1 unspecified atom stereocenters. The highest BCUT2D eigenvalue weighted by Crippen LogP contribution is 2.43. The lowest BCUT2D eigenvalue weighted by atomic mass is 9.69. The van der Waals surface area contributed by atoms with Crippen molar-refractivity contribution in [3.63, 3.8) is 0 Å². The van der Waals surface area contributed by atoms with Gasteiger partial charge in [-0.05, 0) is 29.7 Å². The average molecular weight is 247 g/mol. The van der Waals surface area contributed by atoms with Crippen molar-refractivity contribution in [3.8, 4) is 0 Å². The second-order valence-electron chi connectivity index (χ2n) is 7.49. The Balaban J connectivity index is 2.65. The molecular formula is C15H25N3. The maximum atomic E-state index is 5.89. The number of rotatable bonds is 0. The first kappa shape index (κ1) is 13.3. The average Bonchev–Trinajstić information content (AvgIpc) is 2.15. The standard InChI is InChI=1S/C15H25N3/c1-9-7-15(5,6)8-10-11(9)17-13(16)18-12(10)14(2,3)4/h9H,7-8H2,1-6H3,(H2,16,17,18). The van der Waals surface area contributed by atoms with Gasteiger partial charge in [-0.15, -0.1) is 0 Å². The van der Waals surface area contributed by atoms with Crippen LogP contribution in [0, 0.1) is 5.41 Å². The zero-order chi connectivity index (χ0) is 13.7. The molecule has 0 spiro atoms. The molecule has 0 saturated carbocycles. The Hall–Kier alpha value is -1.12. The zero-order valence-electron chi connectivity index (χ0n) is 12.5. The van der Waals surface area contributed by atoms with Crippen molar-refractivity contribution < 1.29 is 0 Å². The molecule has 18 heavy (non-hydrogen) atoms. The smallest absolute Gasteiger partial charge is 0.220 e. The van der Waals surface area contributed by atoms with Crippen LogP contribution in [0.3, 0.4) is 0 Å². The van der Waals surface area contributed by atoms with Crippen LogP contribution in [-0.4, -0.2) is 9.97 Å². The van der Waals surface area contributed by atoms with E-state index in [2.05, 4.69) is 51.5 Å². The van der Waals surface area contributed by atoms with Gasteiger partial charge < -0.3 is 5.73 Å². The van der Waals surface area contributed by atoms with Crippen molar-refractivity contribution in [3.05, 3.63) is 17.0 Å². The van der Waals surface area contributed by atoms with Gasteiger partial charge in [-0.1, -0.05) is 41.5 Å². The van der Waals surface area contributed by atoms with Crippen LogP contribution in [-0.2, 0) is 11.8 Å². The quantitative estimate of drug-likeness (QED) is 0.764. The van der Waals surface area contributed by atoms with Crippen molar-refractivity contribution in [2.75, 3.05) is 5.73 Å². The molecule has 1 aromatic heterocycles. The lowest BCUT2D eigenvalue weighted by molar-refractivity contribution is 0.280. The molecule has 1 aliphatic carbocycles. The molecule has 1 aliphatic rings. The molecule has 0 fully saturated rings. The topological polar surface area (TPSA) is 51.8 Å². The number of nitrogens with zero attached hydrogens (tertiary/aromatic N) is 2. The van der Waals surface area contributed by atoms with E-state index in [1.807, 2.05) is 0 Å². The van der Waals surface area contributed by atoms with E-state index < -0.39 is 0 Å². The molecule has 1 heterocycles. The SMILES string of the molecule is CC1CC(C)(C)Cc2c1nc(N)nc2C(C)(C)C. The van der Waals surface area contributed by atoms with Crippen LogP contribution in [0.1, 0.15) is 70.8 Å². The minimum atomic E-state index is 0.0221. The van der Waals surface area contributed by atoms with E-state index in [9.17, 15) is 0 Å². The van der Waals surface area contributed by atoms with Gasteiger partial charge >= 0.3 is 0 Å². The molecule has 2 N–H and O–H groups in total. The van der Waals surface area contributed by atoms with Crippen molar-refractivity contribution in [2.24, 2.45) is 5.41 Å². The highest BCUT2D eigenvalue weighted by molar-refractivity contribution is 5.39. The lowest BCUT2D eigenvalue weighted by Crippen LogP contribution is -2.30. The molecule has 1 aromatic rings. The fraction of sp³-hybridized carbons (Fsp3) is 0.733. The number of nitrogen functional groups attached to an aromatic ring is 1. The van der Waals surface area contributed by atoms with Gasteiger partial charge in [-0.25, -0.2) is 9.97 Å². The molecule has 0 radical (unpaired) electrons. The zero-order valence-corrected chi connectivity index (χ0v) is 12.5. The number of nitrogens with two attached hydrogens (primary N) is 1. The third-order valence-electron chi connectivity index (χ3n) is 3.75. The van der Waals surface area contributed by atoms with Crippen LogP contribution in [0.15, 0.2) is 0 Å². The largest absolute Gasteiger partial charge is 0.368 e. The monoisotopic (exact) mass is 247 g/mol. The van der Waals surface area contributed by atoms with Crippen molar-refractivity contribution >= 4 is 5.95 Å². The Kier molecular flexibility index (Phi) is 2.91. The fourth-order valence-electron chi connectivity index (χ4n) is 3.20. The molecule has 0 bridgehead atoms. The third-order valence-corrected chi connectivity index (χ3v) is 3.75. The highest BCUT2D eigenvalue weighted by atomic mass is 15.0. The van der Waals surface area contributed by atoms with E-state index in [1.165, 1.54) is 17.7 Å². The summed E-state index contributed by atoms with van der Waals surface area (Å²) in [5.74, 6) is 0.889. The predicted molar refractivity (Wildman–Crippen MR) is 75.7 cm³/mol. The molecular weight excluding hydrogens is 222 g/mol. The molecule has 1 atom stereocenters. The molecule has 2 rings (SSSR count). The van der Waals surface area contributed by atoms with Gasteiger partial charge in [0.15, 0.2) is 0 Å². The highest BCUT2D eigenvalue weighted by Gasteiger charge is 2.35. The van der Waals surface area contributed by atoms with Crippen molar-refractivity contribution in [1.29, 1.82) is 0 Å². The molecule has 0 amide bonds. The summed E-state index contributed by atoms with van der Waals surface area (Å²) < 4.78 is 0. The Morgan fingerprint density at radius 3 is 2.39 bits per heavy atom. The van der Waals surface area contributed by atoms with Crippen molar-refractivity contribution in [1.82, 2.24) is 9.97 Å². The Morgan fingerprint density at radius 1 is 1.22 bits per heavy atom. The van der Waals surface area contributed by atoms with Crippen LogP contribution >= 0.6 is 0 Å². The fourth-order valence-corrected chi connectivity index (χ4v) is 3.20. The van der Waals surface area contributed by atoms with Gasteiger partial charge in [0.05, 0.1) is 11.4 Å². The summed E-state index contributed by atoms with van der Waals surface area (Å²) in [6.07, 6.45) is 2.22. The first-order chi connectivity index (χ1) is 8.10. The summed E-state index contributed by atoms with van der Waals surface area (Å²) in [4.78, 5) is 9.03. The molecule has 0 aromatic carbocycles. The Morgan fingerprint density at radius 2 is 1.83 bits per heavy atom. The third kappa shape index (κ3) is 2.36. The molecule has 100 valence electrons. The maximum absolute atomic E-state index is 5.89. The summed E-state index contributed by atoms with van der Waals surface area (Å²) >= 11 is 0. The van der Waals surface area contributed by atoms with E-state index in [0.29, 0.717) is 17.3 Å².